The first kappa shape index (κ1) is 12.2. The molecule has 0 aromatic heterocycles. The van der Waals surface area contributed by atoms with Gasteiger partial charge in [-0.3, -0.25) is 4.84 Å². The topological polar surface area (TPSA) is 61.2 Å². The molecular formula is C8H18N4O. The summed E-state index contributed by atoms with van der Waals surface area (Å²) in [5, 5.41) is 5.43. The second-order valence-electron chi connectivity index (χ2n) is 2.79. The van der Waals surface area contributed by atoms with E-state index in [1.165, 1.54) is 0 Å². The van der Waals surface area contributed by atoms with Crippen LogP contribution in [0.25, 0.3) is 10.4 Å². The van der Waals surface area contributed by atoms with Crippen molar-refractivity contribution in [1.29, 1.82) is 0 Å². The van der Waals surface area contributed by atoms with E-state index in [4.69, 9.17) is 10.4 Å². The summed E-state index contributed by atoms with van der Waals surface area (Å²) < 4.78 is 0. The second kappa shape index (κ2) is 7.86. The molecule has 0 heterocycles. The summed E-state index contributed by atoms with van der Waals surface area (Å²) in [6.45, 7) is 8.34. The van der Waals surface area contributed by atoms with Gasteiger partial charge in [-0.25, -0.2) is 0 Å². The van der Waals surface area contributed by atoms with E-state index in [1.54, 1.807) is 0 Å². The fourth-order valence-corrected chi connectivity index (χ4v) is 0.904. The van der Waals surface area contributed by atoms with Crippen LogP contribution in [0.3, 0.4) is 0 Å². The highest BCUT2D eigenvalue weighted by Gasteiger charge is 2.01. The number of rotatable bonds is 7. The second-order valence-corrected chi connectivity index (χ2v) is 2.79. The van der Waals surface area contributed by atoms with Crippen LogP contribution >= 0.6 is 0 Å². The Hall–Kier alpha value is -0.770. The maximum atomic E-state index is 8.14. The van der Waals surface area contributed by atoms with E-state index in [2.05, 4.69) is 10.0 Å². The molecule has 5 nitrogen and oxygen atoms in total. The Balaban J connectivity index is 3.48. The van der Waals surface area contributed by atoms with Gasteiger partial charge in [-0.05, 0) is 12.0 Å². The molecule has 0 N–H and O–H groups in total. The number of hydroxylamine groups is 2. The Morgan fingerprint density at radius 1 is 1.46 bits per heavy atom. The van der Waals surface area contributed by atoms with E-state index >= 15 is 0 Å². The molecule has 0 bridgehead atoms. The summed E-state index contributed by atoms with van der Waals surface area (Å²) >= 11 is 0. The van der Waals surface area contributed by atoms with Gasteiger partial charge in [0.05, 0.1) is 6.61 Å². The van der Waals surface area contributed by atoms with Gasteiger partial charge in [0.2, 0.25) is 0 Å². The van der Waals surface area contributed by atoms with Crippen molar-refractivity contribution >= 4 is 0 Å². The van der Waals surface area contributed by atoms with E-state index in [0.29, 0.717) is 6.61 Å². The van der Waals surface area contributed by atoms with Gasteiger partial charge in [0.25, 0.3) is 0 Å². The van der Waals surface area contributed by atoms with Gasteiger partial charge >= 0.3 is 0 Å². The van der Waals surface area contributed by atoms with E-state index in [9.17, 15) is 0 Å². The number of nitrogens with zero attached hydrogens (tertiary/aromatic N) is 4. The molecular weight excluding hydrogens is 168 g/mol. The highest BCUT2D eigenvalue weighted by Crippen LogP contribution is 1.99. The number of hydrogen-bond acceptors (Lipinski definition) is 3. The lowest BCUT2D eigenvalue weighted by molar-refractivity contribution is -0.154. The predicted octanol–water partition coefficient (Wildman–Crippen LogP) is 2.35. The fourth-order valence-electron chi connectivity index (χ4n) is 0.904. The summed E-state index contributed by atoms with van der Waals surface area (Å²) in [5.41, 5.74) is 8.14. The Morgan fingerprint density at radius 3 is 2.54 bits per heavy atom. The monoisotopic (exact) mass is 186 g/mol. The predicted molar refractivity (Wildman–Crippen MR) is 52.1 cm³/mol. The van der Waals surface area contributed by atoms with Crippen LogP contribution in [0.15, 0.2) is 5.11 Å². The normalized spacial score (nSPS) is 12.6. The number of hydrogen-bond donors (Lipinski definition) is 0. The SMILES string of the molecule is CCN(CC)OCC[C@@H](C)N=[N+]=[N-]. The summed E-state index contributed by atoms with van der Waals surface area (Å²) in [7, 11) is 0. The minimum atomic E-state index is 0.0144. The fraction of sp³-hybridized carbons (Fsp3) is 1.00. The Kier molecular flexibility index (Phi) is 7.39. The van der Waals surface area contributed by atoms with Crippen LogP contribution in [0.5, 0.6) is 0 Å². The first-order valence-electron chi connectivity index (χ1n) is 4.66. The molecule has 0 saturated carbocycles. The zero-order chi connectivity index (χ0) is 10.1. The first-order valence-corrected chi connectivity index (χ1v) is 4.66. The van der Waals surface area contributed by atoms with E-state index in [1.807, 2.05) is 25.8 Å². The van der Waals surface area contributed by atoms with E-state index in [-0.39, 0.29) is 6.04 Å². The van der Waals surface area contributed by atoms with Crippen molar-refractivity contribution in [3.63, 3.8) is 0 Å². The molecule has 0 rings (SSSR count). The maximum absolute atomic E-state index is 8.14. The third-order valence-corrected chi connectivity index (χ3v) is 1.76. The van der Waals surface area contributed by atoms with Crippen LogP contribution in [-0.2, 0) is 4.84 Å². The van der Waals surface area contributed by atoms with Gasteiger partial charge in [-0.15, -0.1) is 0 Å². The van der Waals surface area contributed by atoms with Crippen LogP contribution in [0.1, 0.15) is 27.2 Å². The quantitative estimate of drug-likeness (QED) is 0.265. The minimum absolute atomic E-state index is 0.0144. The van der Waals surface area contributed by atoms with Gasteiger partial charge in [0, 0.05) is 24.0 Å². The zero-order valence-corrected chi connectivity index (χ0v) is 8.60. The molecule has 0 fully saturated rings. The maximum Gasteiger partial charge on any atom is 0.0688 e. The van der Waals surface area contributed by atoms with Gasteiger partial charge in [-0.1, -0.05) is 25.9 Å². The van der Waals surface area contributed by atoms with E-state index in [0.717, 1.165) is 19.5 Å². The van der Waals surface area contributed by atoms with E-state index < -0.39 is 0 Å². The highest BCUT2D eigenvalue weighted by molar-refractivity contribution is 4.59. The average Bonchev–Trinajstić information content (AvgIpc) is 2.13. The lowest BCUT2D eigenvalue weighted by atomic mass is 10.3. The smallest absolute Gasteiger partial charge is 0.0688 e. The molecule has 0 saturated heterocycles. The largest absolute Gasteiger partial charge is 0.299 e. The van der Waals surface area contributed by atoms with Crippen molar-refractivity contribution in [2.45, 2.75) is 33.2 Å². The molecule has 5 heteroatoms. The van der Waals surface area contributed by atoms with Gasteiger partial charge < -0.3 is 0 Å². The minimum Gasteiger partial charge on any atom is -0.299 e. The molecule has 13 heavy (non-hydrogen) atoms. The first-order chi connectivity index (χ1) is 6.24. The summed E-state index contributed by atoms with van der Waals surface area (Å²) in [4.78, 5) is 8.14. The summed E-state index contributed by atoms with van der Waals surface area (Å²) in [6, 6.07) is 0.0144. The van der Waals surface area contributed by atoms with Crippen molar-refractivity contribution in [2.24, 2.45) is 5.11 Å². The molecule has 0 radical (unpaired) electrons. The molecule has 0 aliphatic carbocycles. The Morgan fingerprint density at radius 2 is 2.08 bits per heavy atom. The van der Waals surface area contributed by atoms with Crippen LogP contribution in [0.2, 0.25) is 0 Å². The summed E-state index contributed by atoms with van der Waals surface area (Å²) in [5.74, 6) is 0. The number of azide groups is 1. The highest BCUT2D eigenvalue weighted by atomic mass is 16.7. The van der Waals surface area contributed by atoms with Crippen LogP contribution in [0, 0.1) is 0 Å². The van der Waals surface area contributed by atoms with Crippen molar-refractivity contribution in [2.75, 3.05) is 19.7 Å². The molecule has 0 spiro atoms. The Bertz CT molecular complexity index is 164. The Labute approximate surface area is 79.3 Å². The van der Waals surface area contributed by atoms with Crippen LogP contribution in [-0.4, -0.2) is 30.8 Å². The molecule has 76 valence electrons. The average molecular weight is 186 g/mol. The zero-order valence-electron chi connectivity index (χ0n) is 8.60. The molecule has 0 amide bonds. The summed E-state index contributed by atoms with van der Waals surface area (Å²) in [6.07, 6.45) is 0.764. The van der Waals surface area contributed by atoms with Crippen molar-refractivity contribution in [3.05, 3.63) is 10.4 Å². The van der Waals surface area contributed by atoms with Gasteiger partial charge in [-0.2, -0.15) is 5.06 Å². The molecule has 0 aromatic carbocycles. The third kappa shape index (κ3) is 6.40. The third-order valence-electron chi connectivity index (χ3n) is 1.76. The molecule has 0 aliphatic heterocycles. The lowest BCUT2D eigenvalue weighted by Gasteiger charge is -2.18. The van der Waals surface area contributed by atoms with Crippen molar-refractivity contribution in [1.82, 2.24) is 5.06 Å². The molecule has 1 atom stereocenters. The van der Waals surface area contributed by atoms with Crippen molar-refractivity contribution in [3.8, 4) is 0 Å². The molecule has 0 aromatic rings. The standard InChI is InChI=1S/C8H18N4O/c1-4-12(5-2)13-7-6-8(3)10-11-9/h8H,4-7H2,1-3H3/t8-/m1/s1. The van der Waals surface area contributed by atoms with Gasteiger partial charge in [0.1, 0.15) is 0 Å². The van der Waals surface area contributed by atoms with Crippen LogP contribution < -0.4 is 0 Å². The van der Waals surface area contributed by atoms with Crippen molar-refractivity contribution < 1.29 is 4.84 Å². The molecule has 0 aliphatic rings. The van der Waals surface area contributed by atoms with Gasteiger partial charge in [0.15, 0.2) is 0 Å². The lowest BCUT2D eigenvalue weighted by Crippen LogP contribution is -2.24. The van der Waals surface area contributed by atoms with Crippen LogP contribution in [0.4, 0.5) is 0 Å². The molecule has 0 unspecified atom stereocenters.